The highest BCUT2D eigenvalue weighted by molar-refractivity contribution is 5.83. The Kier molecular flexibility index (Phi) is 3.10. The minimum absolute atomic E-state index is 0.0269. The summed E-state index contributed by atoms with van der Waals surface area (Å²) in [5.74, 6) is 2.48. The third-order valence-corrected chi connectivity index (χ3v) is 5.94. The molecule has 4 heteroatoms. The Hall–Kier alpha value is -1.71. The Morgan fingerprint density at radius 3 is 2.00 bits per heavy atom. The zero-order valence-corrected chi connectivity index (χ0v) is 12.7. The van der Waals surface area contributed by atoms with Crippen molar-refractivity contribution in [3.63, 3.8) is 0 Å². The highest BCUT2D eigenvalue weighted by atomic mass is 16.3. The normalized spacial score (nSPS) is 35.5. The lowest BCUT2D eigenvalue weighted by atomic mass is 9.49. The van der Waals surface area contributed by atoms with Crippen molar-refractivity contribution in [2.24, 2.45) is 23.2 Å². The minimum atomic E-state index is -0.145. The molecule has 4 nitrogen and oxygen atoms in total. The van der Waals surface area contributed by atoms with E-state index in [1.807, 2.05) is 0 Å². The maximum absolute atomic E-state index is 12.8. The van der Waals surface area contributed by atoms with E-state index in [9.17, 15) is 15.0 Å². The van der Waals surface area contributed by atoms with Crippen LogP contribution in [0.1, 0.15) is 44.1 Å². The van der Waals surface area contributed by atoms with Gasteiger partial charge in [-0.2, -0.15) is 0 Å². The van der Waals surface area contributed by atoms with Crippen molar-refractivity contribution in [2.75, 3.05) is 0 Å². The molecule has 0 aliphatic heterocycles. The van der Waals surface area contributed by atoms with Gasteiger partial charge in [0.25, 0.3) is 0 Å². The lowest BCUT2D eigenvalue weighted by molar-refractivity contribution is -0.146. The number of phenolic OH excluding ortho intramolecular Hbond substituents is 2. The summed E-state index contributed by atoms with van der Waals surface area (Å²) >= 11 is 0. The maximum atomic E-state index is 12.8. The van der Waals surface area contributed by atoms with Crippen molar-refractivity contribution in [1.29, 1.82) is 0 Å². The van der Waals surface area contributed by atoms with Gasteiger partial charge in [0, 0.05) is 18.0 Å². The average molecular weight is 301 g/mol. The van der Waals surface area contributed by atoms with Crippen molar-refractivity contribution < 1.29 is 15.0 Å². The molecule has 1 aromatic carbocycles. The summed E-state index contributed by atoms with van der Waals surface area (Å²) in [6.07, 6.45) is 7.13. The zero-order valence-electron chi connectivity index (χ0n) is 12.7. The molecule has 4 aliphatic carbocycles. The number of hydrogen-bond acceptors (Lipinski definition) is 3. The molecule has 4 bridgehead atoms. The van der Waals surface area contributed by atoms with E-state index < -0.39 is 0 Å². The third-order valence-electron chi connectivity index (χ3n) is 5.94. The molecular formula is C18H23NO3. The van der Waals surface area contributed by atoms with Crippen molar-refractivity contribution in [1.82, 2.24) is 5.32 Å². The summed E-state index contributed by atoms with van der Waals surface area (Å²) in [5, 5.41) is 22.1. The van der Waals surface area contributed by atoms with E-state index in [1.54, 1.807) is 12.1 Å². The summed E-state index contributed by atoms with van der Waals surface area (Å²) in [7, 11) is 0. The molecule has 0 spiro atoms. The van der Waals surface area contributed by atoms with Crippen LogP contribution in [0, 0.1) is 23.2 Å². The first-order valence-electron chi connectivity index (χ1n) is 8.33. The Bertz CT molecular complexity index is 555. The standard InChI is InChI=1S/C18H23NO3/c20-15-4-14(5-16(21)6-15)10-19-17(22)18-7-11-1-12(8-18)3-13(2-11)9-18/h4-6,11-13,20-21H,1-3,7-10H2,(H,19,22). The van der Waals surface area contributed by atoms with Crippen molar-refractivity contribution >= 4 is 5.91 Å². The van der Waals surface area contributed by atoms with E-state index in [0.29, 0.717) is 6.54 Å². The number of nitrogens with one attached hydrogen (secondary N) is 1. The number of amides is 1. The van der Waals surface area contributed by atoms with Gasteiger partial charge in [0.15, 0.2) is 0 Å². The Morgan fingerprint density at radius 2 is 1.50 bits per heavy atom. The lowest BCUT2D eigenvalue weighted by Crippen LogP contribution is -2.53. The summed E-state index contributed by atoms with van der Waals surface area (Å²) in [5.41, 5.74) is 0.587. The molecule has 118 valence electrons. The van der Waals surface area contributed by atoms with Crippen LogP contribution in [0.3, 0.4) is 0 Å². The molecule has 1 amide bonds. The monoisotopic (exact) mass is 301 g/mol. The first-order valence-corrected chi connectivity index (χ1v) is 8.33. The number of hydrogen-bond donors (Lipinski definition) is 3. The molecule has 0 radical (unpaired) electrons. The van der Waals surface area contributed by atoms with Gasteiger partial charge in [0.2, 0.25) is 5.91 Å². The Labute approximate surface area is 130 Å². The van der Waals surface area contributed by atoms with Crippen molar-refractivity contribution in [3.05, 3.63) is 23.8 Å². The molecule has 0 heterocycles. The quantitative estimate of drug-likeness (QED) is 0.804. The predicted octanol–water partition coefficient (Wildman–Crippen LogP) is 2.93. The van der Waals surface area contributed by atoms with Crippen LogP contribution in [0.25, 0.3) is 0 Å². The highest BCUT2D eigenvalue weighted by Gasteiger charge is 2.54. The number of rotatable bonds is 3. The number of carbonyl (C=O) groups is 1. The fourth-order valence-corrected chi connectivity index (χ4v) is 5.52. The van der Waals surface area contributed by atoms with E-state index in [4.69, 9.17) is 0 Å². The predicted molar refractivity (Wildman–Crippen MR) is 82.2 cm³/mol. The van der Waals surface area contributed by atoms with Crippen LogP contribution in [-0.4, -0.2) is 16.1 Å². The molecule has 4 aliphatic rings. The zero-order chi connectivity index (χ0) is 15.3. The van der Waals surface area contributed by atoms with Gasteiger partial charge in [-0.1, -0.05) is 0 Å². The van der Waals surface area contributed by atoms with Gasteiger partial charge in [0.05, 0.1) is 0 Å². The second-order valence-corrected chi connectivity index (χ2v) is 7.74. The van der Waals surface area contributed by atoms with Crippen LogP contribution in [0.4, 0.5) is 0 Å². The molecule has 0 atom stereocenters. The van der Waals surface area contributed by atoms with Gasteiger partial charge in [-0.15, -0.1) is 0 Å². The molecule has 0 saturated heterocycles. The average Bonchev–Trinajstić information content (AvgIpc) is 2.42. The van der Waals surface area contributed by atoms with E-state index >= 15 is 0 Å². The van der Waals surface area contributed by atoms with E-state index in [-0.39, 0.29) is 22.8 Å². The third kappa shape index (κ3) is 2.34. The van der Waals surface area contributed by atoms with Crippen LogP contribution in [0.15, 0.2) is 18.2 Å². The molecule has 1 aromatic rings. The fourth-order valence-electron chi connectivity index (χ4n) is 5.52. The summed E-state index contributed by atoms with van der Waals surface area (Å²) in [6.45, 7) is 0.364. The van der Waals surface area contributed by atoms with Crippen LogP contribution in [0.2, 0.25) is 0 Å². The first-order chi connectivity index (χ1) is 10.5. The lowest BCUT2D eigenvalue weighted by Gasteiger charge is -2.55. The second-order valence-electron chi connectivity index (χ2n) is 7.74. The molecule has 22 heavy (non-hydrogen) atoms. The SMILES string of the molecule is O=C(NCc1cc(O)cc(O)c1)C12CC3CC(CC(C3)C1)C2. The van der Waals surface area contributed by atoms with Gasteiger partial charge in [-0.3, -0.25) is 4.79 Å². The summed E-state index contributed by atoms with van der Waals surface area (Å²) in [6, 6.07) is 4.46. The van der Waals surface area contributed by atoms with Gasteiger partial charge in [-0.25, -0.2) is 0 Å². The van der Waals surface area contributed by atoms with Crippen LogP contribution < -0.4 is 5.32 Å². The molecule has 4 fully saturated rings. The first kappa shape index (κ1) is 13.9. The van der Waals surface area contributed by atoms with Crippen LogP contribution >= 0.6 is 0 Å². The van der Waals surface area contributed by atoms with Gasteiger partial charge in [-0.05, 0) is 74.0 Å². The van der Waals surface area contributed by atoms with Crippen molar-refractivity contribution in [2.45, 2.75) is 45.1 Å². The van der Waals surface area contributed by atoms with E-state index in [0.717, 1.165) is 42.6 Å². The Morgan fingerprint density at radius 1 is 1.00 bits per heavy atom. The molecule has 4 saturated carbocycles. The largest absolute Gasteiger partial charge is 0.508 e. The highest BCUT2D eigenvalue weighted by Crippen LogP contribution is 2.60. The minimum Gasteiger partial charge on any atom is -0.508 e. The number of phenols is 2. The molecule has 3 N–H and O–H groups in total. The molecule has 0 unspecified atom stereocenters. The van der Waals surface area contributed by atoms with Crippen LogP contribution in [-0.2, 0) is 11.3 Å². The fraction of sp³-hybridized carbons (Fsp3) is 0.611. The summed E-state index contributed by atoms with van der Waals surface area (Å²) < 4.78 is 0. The number of carbonyl (C=O) groups excluding carboxylic acids is 1. The van der Waals surface area contributed by atoms with Gasteiger partial charge < -0.3 is 15.5 Å². The molecular weight excluding hydrogens is 278 g/mol. The van der Waals surface area contributed by atoms with Crippen LogP contribution in [0.5, 0.6) is 11.5 Å². The smallest absolute Gasteiger partial charge is 0.226 e. The molecule has 0 aromatic heterocycles. The van der Waals surface area contributed by atoms with Gasteiger partial charge >= 0.3 is 0 Å². The topological polar surface area (TPSA) is 69.6 Å². The number of aromatic hydroxyl groups is 2. The van der Waals surface area contributed by atoms with E-state index in [1.165, 1.54) is 25.3 Å². The van der Waals surface area contributed by atoms with Crippen molar-refractivity contribution in [3.8, 4) is 11.5 Å². The maximum Gasteiger partial charge on any atom is 0.226 e. The van der Waals surface area contributed by atoms with E-state index in [2.05, 4.69) is 5.32 Å². The van der Waals surface area contributed by atoms with Gasteiger partial charge in [0.1, 0.15) is 11.5 Å². The second kappa shape index (κ2) is 4.90. The summed E-state index contributed by atoms with van der Waals surface area (Å²) in [4.78, 5) is 12.8. The molecule has 5 rings (SSSR count). The Balaban J connectivity index is 1.46. The number of benzene rings is 1.